The van der Waals surface area contributed by atoms with Crippen LogP contribution in [0.25, 0.3) is 11.3 Å². The first-order valence-corrected chi connectivity index (χ1v) is 9.97. The van der Waals surface area contributed by atoms with Crippen LogP contribution in [0.3, 0.4) is 0 Å². The van der Waals surface area contributed by atoms with Crippen LogP contribution in [0.1, 0.15) is 24.0 Å². The minimum absolute atomic E-state index is 0.207. The lowest BCUT2D eigenvalue weighted by Crippen LogP contribution is -2.19. The summed E-state index contributed by atoms with van der Waals surface area (Å²) >= 11 is 1.51. The number of hydrogen-bond donors (Lipinski definition) is 1. The van der Waals surface area contributed by atoms with Crippen LogP contribution in [0, 0.1) is 5.82 Å². The molecular formula is C21H21FN4S. The molecule has 1 aliphatic rings. The fourth-order valence-corrected chi connectivity index (χ4v) is 3.91. The summed E-state index contributed by atoms with van der Waals surface area (Å²) in [7, 11) is 0. The largest absolute Gasteiger partial charge is 0.299 e. The zero-order valence-electron chi connectivity index (χ0n) is 14.9. The Balaban J connectivity index is 1.45. The Hall–Kier alpha value is -2.57. The summed E-state index contributed by atoms with van der Waals surface area (Å²) in [6.45, 7) is 2.91. The fraction of sp³-hybridized carbons (Fsp3) is 0.238. The van der Waals surface area contributed by atoms with Crippen molar-refractivity contribution in [1.82, 2.24) is 9.88 Å². The molecule has 0 bridgehead atoms. The molecule has 3 aromatic rings. The molecule has 0 amide bonds. The van der Waals surface area contributed by atoms with Crippen LogP contribution >= 0.6 is 11.3 Å². The number of nitrogens with zero attached hydrogens (tertiary/aromatic N) is 3. The molecule has 1 saturated heterocycles. The highest BCUT2D eigenvalue weighted by atomic mass is 32.1. The number of benzene rings is 2. The molecule has 2 heterocycles. The van der Waals surface area contributed by atoms with Gasteiger partial charge in [0.05, 0.1) is 11.9 Å². The third-order valence-electron chi connectivity index (χ3n) is 4.64. The molecule has 4 rings (SSSR count). The van der Waals surface area contributed by atoms with Gasteiger partial charge in [0.2, 0.25) is 5.13 Å². The topological polar surface area (TPSA) is 40.5 Å². The predicted octanol–water partition coefficient (Wildman–Crippen LogP) is 4.99. The van der Waals surface area contributed by atoms with E-state index in [1.54, 1.807) is 18.3 Å². The highest BCUT2D eigenvalue weighted by Crippen LogP contribution is 2.24. The zero-order valence-corrected chi connectivity index (χ0v) is 15.8. The van der Waals surface area contributed by atoms with E-state index in [1.165, 1.54) is 30.2 Å². The second-order valence-corrected chi connectivity index (χ2v) is 7.46. The van der Waals surface area contributed by atoms with Gasteiger partial charge in [0.25, 0.3) is 0 Å². The molecule has 138 valence electrons. The van der Waals surface area contributed by atoms with Gasteiger partial charge in [-0.3, -0.25) is 10.3 Å². The number of halogens is 1. The van der Waals surface area contributed by atoms with E-state index in [2.05, 4.69) is 20.4 Å². The molecule has 0 unspecified atom stereocenters. The van der Waals surface area contributed by atoms with Crippen LogP contribution in [-0.2, 0) is 6.54 Å². The minimum Gasteiger partial charge on any atom is -0.299 e. The van der Waals surface area contributed by atoms with Gasteiger partial charge in [-0.05, 0) is 49.2 Å². The quantitative estimate of drug-likeness (QED) is 0.484. The summed E-state index contributed by atoms with van der Waals surface area (Å²) in [6.07, 6.45) is 4.18. The standard InChI is InChI=1S/C21H21FN4S/c22-19-9-8-17(18(12-19)14-26-10-4-5-11-26)13-23-25-21-24-20(15-27-21)16-6-2-1-3-7-16/h1-3,6-9,12-13,15H,4-5,10-11,14H2,(H,24,25). The SMILES string of the molecule is Fc1ccc(C=NNc2nc(-c3ccccc3)cs2)c(CN2CCCC2)c1. The number of hydrazone groups is 1. The Labute approximate surface area is 162 Å². The van der Waals surface area contributed by atoms with Crippen LogP contribution in [0.4, 0.5) is 9.52 Å². The second-order valence-electron chi connectivity index (χ2n) is 6.60. The summed E-state index contributed by atoms with van der Waals surface area (Å²) in [5, 5.41) is 7.05. The summed E-state index contributed by atoms with van der Waals surface area (Å²) < 4.78 is 13.7. The number of nitrogens with one attached hydrogen (secondary N) is 1. The molecule has 1 aliphatic heterocycles. The predicted molar refractivity (Wildman–Crippen MR) is 110 cm³/mol. The van der Waals surface area contributed by atoms with Gasteiger partial charge in [0.15, 0.2) is 0 Å². The van der Waals surface area contributed by atoms with E-state index in [0.29, 0.717) is 0 Å². The Morgan fingerprint density at radius 3 is 2.78 bits per heavy atom. The van der Waals surface area contributed by atoms with Crippen molar-refractivity contribution >= 4 is 22.7 Å². The second kappa shape index (κ2) is 8.41. The van der Waals surface area contributed by atoms with Crippen LogP contribution in [-0.4, -0.2) is 29.2 Å². The van der Waals surface area contributed by atoms with Gasteiger partial charge in [-0.2, -0.15) is 5.10 Å². The first kappa shape index (κ1) is 17.8. The van der Waals surface area contributed by atoms with Crippen molar-refractivity contribution < 1.29 is 4.39 Å². The third kappa shape index (κ3) is 4.59. The van der Waals surface area contributed by atoms with E-state index in [9.17, 15) is 4.39 Å². The normalized spacial score (nSPS) is 14.9. The molecule has 0 saturated carbocycles. The van der Waals surface area contributed by atoms with E-state index in [-0.39, 0.29) is 5.82 Å². The molecule has 0 radical (unpaired) electrons. The monoisotopic (exact) mass is 380 g/mol. The van der Waals surface area contributed by atoms with Crippen LogP contribution in [0.15, 0.2) is 59.0 Å². The van der Waals surface area contributed by atoms with Gasteiger partial charge in [0, 0.05) is 17.5 Å². The van der Waals surface area contributed by atoms with Gasteiger partial charge in [-0.25, -0.2) is 9.37 Å². The van der Waals surface area contributed by atoms with Crippen LogP contribution < -0.4 is 5.43 Å². The molecule has 4 nitrogen and oxygen atoms in total. The number of hydrogen-bond acceptors (Lipinski definition) is 5. The van der Waals surface area contributed by atoms with Crippen molar-refractivity contribution in [3.63, 3.8) is 0 Å². The Morgan fingerprint density at radius 2 is 1.96 bits per heavy atom. The maximum atomic E-state index is 13.7. The van der Waals surface area contributed by atoms with E-state index in [1.807, 2.05) is 35.7 Å². The first-order valence-electron chi connectivity index (χ1n) is 9.09. The van der Waals surface area contributed by atoms with Crippen molar-refractivity contribution in [2.45, 2.75) is 19.4 Å². The van der Waals surface area contributed by atoms with E-state index >= 15 is 0 Å². The molecule has 1 fully saturated rings. The van der Waals surface area contributed by atoms with Crippen LogP contribution in [0.5, 0.6) is 0 Å². The Bertz CT molecular complexity index is 917. The smallest absolute Gasteiger partial charge is 0.203 e. The first-order chi connectivity index (χ1) is 13.3. The molecule has 0 spiro atoms. The van der Waals surface area contributed by atoms with Gasteiger partial charge in [0.1, 0.15) is 5.82 Å². The third-order valence-corrected chi connectivity index (χ3v) is 5.38. The molecule has 27 heavy (non-hydrogen) atoms. The molecule has 2 aromatic carbocycles. The molecule has 0 atom stereocenters. The summed E-state index contributed by atoms with van der Waals surface area (Å²) in [5.74, 6) is -0.207. The Kier molecular flexibility index (Phi) is 5.55. The number of anilines is 1. The van der Waals surface area contributed by atoms with Crippen molar-refractivity contribution in [3.05, 3.63) is 70.9 Å². The molecule has 0 aliphatic carbocycles. The van der Waals surface area contributed by atoms with Gasteiger partial charge in [-0.15, -0.1) is 11.3 Å². The van der Waals surface area contributed by atoms with E-state index in [4.69, 9.17) is 0 Å². The number of aromatic nitrogens is 1. The average molecular weight is 380 g/mol. The van der Waals surface area contributed by atoms with Gasteiger partial charge >= 0.3 is 0 Å². The number of thiazole rings is 1. The Morgan fingerprint density at radius 1 is 1.15 bits per heavy atom. The van der Waals surface area contributed by atoms with Crippen LogP contribution in [0.2, 0.25) is 0 Å². The summed E-state index contributed by atoms with van der Waals surface area (Å²) in [5.41, 5.74) is 6.89. The van der Waals surface area contributed by atoms with Crippen molar-refractivity contribution in [1.29, 1.82) is 0 Å². The molecular weight excluding hydrogens is 359 g/mol. The maximum Gasteiger partial charge on any atom is 0.203 e. The molecule has 1 aromatic heterocycles. The summed E-state index contributed by atoms with van der Waals surface area (Å²) in [4.78, 5) is 6.91. The van der Waals surface area contributed by atoms with E-state index in [0.717, 1.165) is 47.2 Å². The average Bonchev–Trinajstić information content (AvgIpc) is 3.36. The van der Waals surface area contributed by atoms with Crippen molar-refractivity contribution in [3.8, 4) is 11.3 Å². The number of rotatable bonds is 6. The van der Waals surface area contributed by atoms with Gasteiger partial charge in [-0.1, -0.05) is 36.4 Å². The minimum atomic E-state index is -0.207. The highest BCUT2D eigenvalue weighted by Gasteiger charge is 2.14. The number of likely N-dealkylation sites (tertiary alicyclic amines) is 1. The maximum absolute atomic E-state index is 13.7. The van der Waals surface area contributed by atoms with Crippen molar-refractivity contribution in [2.24, 2.45) is 5.10 Å². The molecule has 6 heteroatoms. The summed E-state index contributed by atoms with van der Waals surface area (Å²) in [6, 6.07) is 14.9. The fourth-order valence-electron chi connectivity index (χ4n) is 3.24. The van der Waals surface area contributed by atoms with E-state index < -0.39 is 0 Å². The zero-order chi connectivity index (χ0) is 18.5. The highest BCUT2D eigenvalue weighted by molar-refractivity contribution is 7.14. The molecule has 1 N–H and O–H groups in total. The van der Waals surface area contributed by atoms with Crippen molar-refractivity contribution in [2.75, 3.05) is 18.5 Å². The lowest BCUT2D eigenvalue weighted by atomic mass is 10.1. The lowest BCUT2D eigenvalue weighted by molar-refractivity contribution is 0.330. The van der Waals surface area contributed by atoms with Gasteiger partial charge < -0.3 is 0 Å². The lowest BCUT2D eigenvalue weighted by Gasteiger charge is -2.16.